The summed E-state index contributed by atoms with van der Waals surface area (Å²) in [5.74, 6) is 1.55. The second kappa shape index (κ2) is 7.01. The molecule has 1 heterocycles. The highest BCUT2D eigenvalue weighted by atomic mass is 15.2. The van der Waals surface area contributed by atoms with Crippen molar-refractivity contribution in [2.24, 2.45) is 11.8 Å². The molecule has 3 heteroatoms. The Kier molecular flexibility index (Phi) is 5.34. The molecule has 1 aromatic rings. The van der Waals surface area contributed by atoms with Gasteiger partial charge >= 0.3 is 0 Å². The number of rotatable bonds is 7. The van der Waals surface area contributed by atoms with Crippen molar-refractivity contribution >= 4 is 0 Å². The van der Waals surface area contributed by atoms with Crippen LogP contribution in [0.5, 0.6) is 0 Å². The summed E-state index contributed by atoms with van der Waals surface area (Å²) in [7, 11) is 2.23. The Morgan fingerprint density at radius 1 is 1.37 bits per heavy atom. The van der Waals surface area contributed by atoms with Crippen LogP contribution < -0.4 is 5.32 Å². The lowest BCUT2D eigenvalue weighted by Crippen LogP contribution is -2.49. The maximum absolute atomic E-state index is 4.41. The molecule has 1 aromatic heterocycles. The fraction of sp³-hybridized carbons (Fsp3) is 0.688. The van der Waals surface area contributed by atoms with E-state index < -0.39 is 0 Å². The molecule has 1 N–H and O–H groups in total. The third-order valence-electron chi connectivity index (χ3n) is 4.04. The molecule has 19 heavy (non-hydrogen) atoms. The molecule has 0 saturated heterocycles. The molecule has 1 aliphatic rings. The molecule has 0 aliphatic heterocycles. The fourth-order valence-corrected chi connectivity index (χ4v) is 2.79. The molecule has 2 unspecified atom stereocenters. The molecule has 0 bridgehead atoms. The minimum Gasteiger partial charge on any atom is -0.316 e. The summed E-state index contributed by atoms with van der Waals surface area (Å²) in [6.07, 6.45) is 4.57. The molecule has 3 nitrogen and oxygen atoms in total. The Hall–Kier alpha value is -0.930. The van der Waals surface area contributed by atoms with Gasteiger partial charge in [0, 0.05) is 18.8 Å². The van der Waals surface area contributed by atoms with Gasteiger partial charge in [0.15, 0.2) is 0 Å². The lowest BCUT2D eigenvalue weighted by molar-refractivity contribution is 0.0767. The van der Waals surface area contributed by atoms with Crippen LogP contribution in [0.1, 0.15) is 32.4 Å². The fourth-order valence-electron chi connectivity index (χ4n) is 2.79. The molecule has 1 saturated carbocycles. The second-order valence-electron chi connectivity index (χ2n) is 6.19. The van der Waals surface area contributed by atoms with Crippen LogP contribution in [-0.4, -0.2) is 36.1 Å². The molecule has 0 amide bonds. The highest BCUT2D eigenvalue weighted by molar-refractivity contribution is 5.04. The minimum atomic E-state index is 0.724. The van der Waals surface area contributed by atoms with E-state index in [2.05, 4.69) is 48.2 Å². The van der Waals surface area contributed by atoms with Gasteiger partial charge in [-0.1, -0.05) is 19.9 Å². The summed E-state index contributed by atoms with van der Waals surface area (Å²) in [5, 5.41) is 3.59. The van der Waals surface area contributed by atoms with Gasteiger partial charge in [0.1, 0.15) is 0 Å². The Morgan fingerprint density at radius 3 is 2.79 bits per heavy atom. The number of nitrogens with one attached hydrogen (secondary N) is 1. The van der Waals surface area contributed by atoms with Gasteiger partial charge in [-0.15, -0.1) is 0 Å². The van der Waals surface area contributed by atoms with Gasteiger partial charge < -0.3 is 5.32 Å². The monoisotopic (exact) mass is 261 g/mol. The van der Waals surface area contributed by atoms with Gasteiger partial charge in [-0.05, 0) is 56.9 Å². The van der Waals surface area contributed by atoms with Crippen LogP contribution in [-0.2, 0) is 6.54 Å². The van der Waals surface area contributed by atoms with Gasteiger partial charge in [0.25, 0.3) is 0 Å². The van der Waals surface area contributed by atoms with Gasteiger partial charge in [-0.25, -0.2) is 0 Å². The quantitative estimate of drug-likeness (QED) is 0.817. The molecule has 0 radical (unpaired) electrons. The van der Waals surface area contributed by atoms with Crippen molar-refractivity contribution in [1.82, 2.24) is 15.2 Å². The Labute approximate surface area is 117 Å². The highest BCUT2D eigenvalue weighted by Crippen LogP contribution is 2.31. The van der Waals surface area contributed by atoms with Crippen molar-refractivity contribution < 1.29 is 0 Å². The Morgan fingerprint density at radius 2 is 2.21 bits per heavy atom. The van der Waals surface area contributed by atoms with Crippen LogP contribution in [0.2, 0.25) is 0 Å². The van der Waals surface area contributed by atoms with Gasteiger partial charge in [-0.2, -0.15) is 0 Å². The third-order valence-corrected chi connectivity index (χ3v) is 4.04. The summed E-state index contributed by atoms with van der Waals surface area (Å²) in [6, 6.07) is 6.88. The van der Waals surface area contributed by atoms with Crippen LogP contribution in [0.4, 0.5) is 0 Å². The average molecular weight is 261 g/mol. The van der Waals surface area contributed by atoms with Crippen LogP contribution in [0.25, 0.3) is 0 Å². The lowest BCUT2D eigenvalue weighted by Gasteiger charge is -2.43. The smallest absolute Gasteiger partial charge is 0.0543 e. The van der Waals surface area contributed by atoms with Crippen molar-refractivity contribution in [3.05, 3.63) is 30.1 Å². The maximum Gasteiger partial charge on any atom is 0.0543 e. The van der Waals surface area contributed by atoms with Gasteiger partial charge in [-0.3, -0.25) is 9.88 Å². The largest absolute Gasteiger partial charge is 0.316 e. The molecule has 106 valence electrons. The van der Waals surface area contributed by atoms with Crippen molar-refractivity contribution in [3.63, 3.8) is 0 Å². The SMILES string of the molecule is CC(C)CNCC1CCC1N(C)Cc1ccccn1. The van der Waals surface area contributed by atoms with E-state index in [4.69, 9.17) is 0 Å². The second-order valence-corrected chi connectivity index (χ2v) is 6.19. The van der Waals surface area contributed by atoms with Crippen molar-refractivity contribution in [1.29, 1.82) is 0 Å². The van der Waals surface area contributed by atoms with Crippen molar-refractivity contribution in [2.75, 3.05) is 20.1 Å². The number of aromatic nitrogens is 1. The molecule has 2 atom stereocenters. The number of hydrogen-bond acceptors (Lipinski definition) is 3. The van der Waals surface area contributed by atoms with Crippen molar-refractivity contribution in [2.45, 2.75) is 39.3 Å². The van der Waals surface area contributed by atoms with E-state index in [0.717, 1.165) is 37.5 Å². The van der Waals surface area contributed by atoms with E-state index in [-0.39, 0.29) is 0 Å². The van der Waals surface area contributed by atoms with Crippen LogP contribution in [0, 0.1) is 11.8 Å². The van der Waals surface area contributed by atoms with Crippen LogP contribution in [0.15, 0.2) is 24.4 Å². The zero-order valence-corrected chi connectivity index (χ0v) is 12.5. The van der Waals surface area contributed by atoms with Gasteiger partial charge in [0.2, 0.25) is 0 Å². The molecule has 1 fully saturated rings. The summed E-state index contributed by atoms with van der Waals surface area (Å²) in [4.78, 5) is 6.88. The maximum atomic E-state index is 4.41. The zero-order valence-electron chi connectivity index (χ0n) is 12.5. The minimum absolute atomic E-state index is 0.724. The highest BCUT2D eigenvalue weighted by Gasteiger charge is 2.33. The summed E-state index contributed by atoms with van der Waals surface area (Å²) in [6.45, 7) is 7.78. The first-order valence-electron chi connectivity index (χ1n) is 7.47. The number of nitrogens with zero attached hydrogens (tertiary/aromatic N) is 2. The number of pyridine rings is 1. The van der Waals surface area contributed by atoms with E-state index in [1.807, 2.05) is 12.3 Å². The first kappa shape index (κ1) is 14.5. The standard InChI is InChI=1S/C16H27N3/c1-13(2)10-17-11-14-7-8-16(14)19(3)12-15-6-4-5-9-18-15/h4-6,9,13-14,16-17H,7-8,10-12H2,1-3H3. The zero-order chi connectivity index (χ0) is 13.7. The Balaban J connectivity index is 1.75. The van der Waals surface area contributed by atoms with E-state index in [0.29, 0.717) is 0 Å². The van der Waals surface area contributed by atoms with E-state index in [1.54, 1.807) is 0 Å². The first-order chi connectivity index (χ1) is 9.16. The predicted molar refractivity (Wildman–Crippen MR) is 79.9 cm³/mol. The topological polar surface area (TPSA) is 28.2 Å². The van der Waals surface area contributed by atoms with Gasteiger partial charge in [0.05, 0.1) is 5.69 Å². The molecular weight excluding hydrogens is 234 g/mol. The van der Waals surface area contributed by atoms with E-state index >= 15 is 0 Å². The average Bonchev–Trinajstić information content (AvgIpc) is 2.34. The molecule has 1 aliphatic carbocycles. The third kappa shape index (κ3) is 4.29. The Bertz CT molecular complexity index is 364. The molecule has 2 rings (SSSR count). The van der Waals surface area contributed by atoms with E-state index in [9.17, 15) is 0 Å². The van der Waals surface area contributed by atoms with Crippen molar-refractivity contribution in [3.8, 4) is 0 Å². The number of hydrogen-bond donors (Lipinski definition) is 1. The molecule has 0 aromatic carbocycles. The van der Waals surface area contributed by atoms with Crippen LogP contribution in [0.3, 0.4) is 0 Å². The summed E-state index contributed by atoms with van der Waals surface area (Å²) >= 11 is 0. The van der Waals surface area contributed by atoms with E-state index in [1.165, 1.54) is 18.5 Å². The molecule has 0 spiro atoms. The summed E-state index contributed by atoms with van der Waals surface area (Å²) < 4.78 is 0. The lowest BCUT2D eigenvalue weighted by atomic mass is 9.78. The molecular formula is C16H27N3. The normalized spacial score (nSPS) is 22.8. The summed E-state index contributed by atoms with van der Waals surface area (Å²) in [5.41, 5.74) is 1.17. The first-order valence-corrected chi connectivity index (χ1v) is 7.47. The predicted octanol–water partition coefficient (Wildman–Crippen LogP) is 2.54. The van der Waals surface area contributed by atoms with Crippen LogP contribution >= 0.6 is 0 Å².